The summed E-state index contributed by atoms with van der Waals surface area (Å²) in [5.41, 5.74) is 5.64. The van der Waals surface area contributed by atoms with Gasteiger partial charge in [0, 0.05) is 57.2 Å². The maximum Gasteiger partial charge on any atom is 0.159 e. The van der Waals surface area contributed by atoms with E-state index in [4.69, 9.17) is 14.2 Å². The van der Waals surface area contributed by atoms with Crippen molar-refractivity contribution in [1.29, 1.82) is 0 Å². The van der Waals surface area contributed by atoms with Gasteiger partial charge in [0.05, 0.1) is 41.6 Å². The number of hydrogen-bond donors (Lipinski definition) is 0. The lowest BCUT2D eigenvalue weighted by Gasteiger charge is -2.16. The summed E-state index contributed by atoms with van der Waals surface area (Å²) in [4.78, 5) is 18.6. The molecule has 5 aromatic carbocycles. The monoisotopic (exact) mass is 716 g/mol. The summed E-state index contributed by atoms with van der Waals surface area (Å²) in [6.45, 7) is 2.00. The molecule has 0 fully saturated rings. The van der Waals surface area contributed by atoms with Gasteiger partial charge in [0.25, 0.3) is 0 Å². The first-order chi connectivity index (χ1) is 27.1. The van der Waals surface area contributed by atoms with E-state index in [9.17, 15) is 0 Å². The highest BCUT2D eigenvalue weighted by atomic mass is 16.5. The van der Waals surface area contributed by atoms with Crippen LogP contribution in [0.15, 0.2) is 158 Å². The number of pyridine rings is 2. The van der Waals surface area contributed by atoms with Crippen LogP contribution in [-0.2, 0) is 0 Å². The molecule has 10 aromatic rings. The highest BCUT2D eigenvalue weighted by molar-refractivity contribution is 6.10. The highest BCUT2D eigenvalue weighted by Gasteiger charge is 2.19. The van der Waals surface area contributed by atoms with Crippen molar-refractivity contribution in [2.45, 2.75) is 6.92 Å². The van der Waals surface area contributed by atoms with Crippen LogP contribution in [0, 0.1) is 6.92 Å². The van der Waals surface area contributed by atoms with E-state index in [0.717, 1.165) is 66.4 Å². The zero-order valence-electron chi connectivity index (χ0n) is 29.9. The first-order valence-electron chi connectivity index (χ1n) is 17.9. The number of hydrogen-bond acceptors (Lipinski definition) is 7. The van der Waals surface area contributed by atoms with Crippen molar-refractivity contribution < 1.29 is 14.2 Å². The predicted molar refractivity (Wildman–Crippen MR) is 216 cm³/mol. The summed E-state index contributed by atoms with van der Waals surface area (Å²) in [7, 11) is 1.59. The number of benzene rings is 5. The molecule has 10 rings (SSSR count). The minimum atomic E-state index is 0.506. The molecular weight excluding hydrogens is 685 g/mol. The zero-order valence-corrected chi connectivity index (χ0v) is 29.9. The third-order valence-corrected chi connectivity index (χ3v) is 9.94. The Labute approximate surface area is 315 Å². The third kappa shape index (κ3) is 5.57. The lowest BCUT2D eigenvalue weighted by Crippen LogP contribution is -1.98. The van der Waals surface area contributed by atoms with Gasteiger partial charge in [-0.1, -0.05) is 48.5 Å². The fourth-order valence-electron chi connectivity index (χ4n) is 7.32. The summed E-state index contributed by atoms with van der Waals surface area (Å²) in [5.74, 6) is 5.27. The zero-order chi connectivity index (χ0) is 36.9. The molecule has 0 saturated carbocycles. The van der Waals surface area contributed by atoms with Crippen molar-refractivity contribution >= 4 is 43.6 Å². The number of ether oxygens (including phenoxy) is 3. The maximum absolute atomic E-state index is 6.77. The molecule has 0 bridgehead atoms. The molecule has 0 aliphatic carbocycles. The molecule has 9 nitrogen and oxygen atoms in total. The highest BCUT2D eigenvalue weighted by Crippen LogP contribution is 2.41. The second-order valence-electron chi connectivity index (χ2n) is 13.2. The lowest BCUT2D eigenvalue weighted by molar-refractivity contribution is 0.411. The average Bonchev–Trinajstić information content (AvgIpc) is 3.75. The largest absolute Gasteiger partial charge is 0.494 e. The van der Waals surface area contributed by atoms with E-state index in [1.54, 1.807) is 19.5 Å². The minimum absolute atomic E-state index is 0.506. The van der Waals surface area contributed by atoms with Crippen LogP contribution in [0.4, 0.5) is 0 Å². The number of aromatic nitrogens is 6. The van der Waals surface area contributed by atoms with E-state index >= 15 is 0 Å². The van der Waals surface area contributed by atoms with E-state index in [0.29, 0.717) is 34.6 Å². The van der Waals surface area contributed by atoms with Crippen molar-refractivity contribution in [1.82, 2.24) is 29.1 Å². The van der Waals surface area contributed by atoms with E-state index < -0.39 is 0 Å². The first-order valence-corrected chi connectivity index (χ1v) is 17.9. The number of para-hydroxylation sites is 2. The molecule has 0 unspecified atom stereocenters. The summed E-state index contributed by atoms with van der Waals surface area (Å²) in [6.07, 6.45) is 6.92. The minimum Gasteiger partial charge on any atom is -0.494 e. The number of fused-ring (bicyclic) bond motifs is 6. The van der Waals surface area contributed by atoms with Crippen molar-refractivity contribution in [3.8, 4) is 51.8 Å². The molecule has 0 aliphatic heterocycles. The molecule has 0 amide bonds. The first kappa shape index (κ1) is 32.2. The van der Waals surface area contributed by atoms with Gasteiger partial charge in [-0.3, -0.25) is 9.13 Å². The van der Waals surface area contributed by atoms with Gasteiger partial charge >= 0.3 is 0 Å². The van der Waals surface area contributed by atoms with Gasteiger partial charge in [0.2, 0.25) is 0 Å². The van der Waals surface area contributed by atoms with E-state index in [-0.39, 0.29) is 0 Å². The fraction of sp³-hybridized carbons (Fsp3) is 0.0435. The van der Waals surface area contributed by atoms with E-state index in [1.807, 2.05) is 92.1 Å². The summed E-state index contributed by atoms with van der Waals surface area (Å²) >= 11 is 0. The van der Waals surface area contributed by atoms with Gasteiger partial charge in [-0.15, -0.1) is 0 Å². The van der Waals surface area contributed by atoms with Gasteiger partial charge in [0.15, 0.2) is 11.6 Å². The normalized spacial score (nSPS) is 11.5. The Morgan fingerprint density at radius 1 is 0.455 bits per heavy atom. The molecule has 0 atom stereocenters. The molecule has 5 heterocycles. The van der Waals surface area contributed by atoms with Crippen molar-refractivity contribution in [3.63, 3.8) is 0 Å². The third-order valence-electron chi connectivity index (χ3n) is 9.94. The average molecular weight is 717 g/mol. The quantitative estimate of drug-likeness (QED) is 0.155. The van der Waals surface area contributed by atoms with Gasteiger partial charge in [-0.05, 0) is 79.7 Å². The summed E-state index contributed by atoms with van der Waals surface area (Å²) in [6, 6.07) is 44.8. The van der Waals surface area contributed by atoms with Gasteiger partial charge in [0.1, 0.15) is 34.6 Å². The summed E-state index contributed by atoms with van der Waals surface area (Å²) in [5, 5.41) is 4.49. The molecule has 0 aliphatic rings. The van der Waals surface area contributed by atoms with Crippen molar-refractivity contribution in [2.24, 2.45) is 0 Å². The Hall–Kier alpha value is -7.52. The molecule has 5 aromatic heterocycles. The van der Waals surface area contributed by atoms with Crippen LogP contribution in [0.5, 0.6) is 28.7 Å². The lowest BCUT2D eigenvalue weighted by atomic mass is 10.1. The number of nitrogens with zero attached hydrogens (tertiary/aromatic N) is 6. The van der Waals surface area contributed by atoms with E-state index in [2.05, 4.69) is 89.7 Å². The Balaban J connectivity index is 1.10. The molecule has 264 valence electrons. The molecule has 0 N–H and O–H groups in total. The predicted octanol–water partition coefficient (Wildman–Crippen LogP) is 11.0. The SMILES string of the molecule is COc1cnc(-c2cc(Oc3ccc4c5ccccc5n(-c5ccccn5)c4c3)c(C)c(Oc3ccc4c5ccccc5n(-c5ccccn5)c4c3)c2)nc1. The standard InChI is InChI=1S/C46H32N6O3/c1-29-42(54-31-17-19-36-34-11-3-5-13-38(34)51(40(36)25-31)44-15-7-9-21-47-44)23-30(46-49-27-33(53-2)28-50-46)24-43(29)55-32-18-20-37-35-12-4-6-14-39(35)52(41(37)26-32)45-16-8-10-22-48-45/h3-28H,1-2H3. The molecule has 0 saturated heterocycles. The molecule has 0 radical (unpaired) electrons. The molecular formula is C46H32N6O3. The second kappa shape index (κ2) is 13.2. The Morgan fingerprint density at radius 2 is 0.927 bits per heavy atom. The maximum atomic E-state index is 6.77. The van der Waals surface area contributed by atoms with Gasteiger partial charge in [-0.2, -0.15) is 0 Å². The van der Waals surface area contributed by atoms with Crippen LogP contribution >= 0.6 is 0 Å². The topological polar surface area (TPSA) is 89.1 Å². The van der Waals surface area contributed by atoms with Gasteiger partial charge < -0.3 is 14.2 Å². The fourth-order valence-corrected chi connectivity index (χ4v) is 7.32. The Morgan fingerprint density at radius 3 is 1.40 bits per heavy atom. The second-order valence-corrected chi connectivity index (χ2v) is 13.2. The Bertz CT molecular complexity index is 2850. The number of methoxy groups -OCH3 is 1. The van der Waals surface area contributed by atoms with Crippen molar-refractivity contribution in [3.05, 3.63) is 164 Å². The molecule has 9 heteroatoms. The van der Waals surface area contributed by atoms with E-state index in [1.165, 1.54) is 0 Å². The molecule has 0 spiro atoms. The van der Waals surface area contributed by atoms with Crippen LogP contribution in [0.2, 0.25) is 0 Å². The van der Waals surface area contributed by atoms with Crippen LogP contribution in [0.1, 0.15) is 5.56 Å². The van der Waals surface area contributed by atoms with Crippen LogP contribution in [0.3, 0.4) is 0 Å². The summed E-state index contributed by atoms with van der Waals surface area (Å²) < 4.78 is 23.2. The number of rotatable bonds is 8. The molecule has 55 heavy (non-hydrogen) atoms. The van der Waals surface area contributed by atoms with Crippen molar-refractivity contribution in [2.75, 3.05) is 7.11 Å². The van der Waals surface area contributed by atoms with Crippen LogP contribution in [0.25, 0.3) is 66.6 Å². The Kier molecular flexibility index (Phi) is 7.69. The van der Waals surface area contributed by atoms with Gasteiger partial charge in [-0.25, -0.2) is 19.9 Å². The smallest absolute Gasteiger partial charge is 0.159 e. The van der Waals surface area contributed by atoms with Crippen LogP contribution in [-0.4, -0.2) is 36.2 Å². The van der Waals surface area contributed by atoms with Crippen LogP contribution < -0.4 is 14.2 Å².